The first-order valence-electron chi connectivity index (χ1n) is 4.07. The fraction of sp³-hybridized carbons (Fsp3) is 0.111. The summed E-state index contributed by atoms with van der Waals surface area (Å²) in [6, 6.07) is 3.78. The molecular formula is C9H9N3OS. The Balaban J connectivity index is 1.95. The van der Waals surface area contributed by atoms with Gasteiger partial charge in [0.05, 0.1) is 30.1 Å². The number of nitrogens with two attached hydrogens (primary N) is 1. The molecule has 2 rings (SSSR count). The Hall–Kier alpha value is -1.49. The molecule has 2 N–H and O–H groups in total. The average molecular weight is 207 g/mol. The van der Waals surface area contributed by atoms with E-state index < -0.39 is 0 Å². The van der Waals surface area contributed by atoms with Crippen LogP contribution in [0.1, 0.15) is 5.76 Å². The quantitative estimate of drug-likeness (QED) is 0.615. The lowest BCUT2D eigenvalue weighted by atomic mass is 10.5. The van der Waals surface area contributed by atoms with E-state index in [1.165, 1.54) is 11.8 Å². The van der Waals surface area contributed by atoms with Crippen molar-refractivity contribution in [2.24, 2.45) is 0 Å². The Morgan fingerprint density at radius 2 is 2.14 bits per heavy atom. The van der Waals surface area contributed by atoms with E-state index in [-0.39, 0.29) is 0 Å². The molecule has 0 saturated carbocycles. The average Bonchev–Trinajstić information content (AvgIpc) is 2.70. The zero-order valence-corrected chi connectivity index (χ0v) is 8.20. The summed E-state index contributed by atoms with van der Waals surface area (Å²) in [4.78, 5) is 8.13. The molecule has 0 fully saturated rings. The van der Waals surface area contributed by atoms with Gasteiger partial charge < -0.3 is 10.2 Å². The van der Waals surface area contributed by atoms with Gasteiger partial charge in [0, 0.05) is 0 Å². The molecule has 4 nitrogen and oxygen atoms in total. The second kappa shape index (κ2) is 4.15. The molecule has 2 aromatic heterocycles. The Morgan fingerprint density at radius 3 is 2.79 bits per heavy atom. The summed E-state index contributed by atoms with van der Waals surface area (Å²) in [6.07, 6.45) is 4.84. The van der Waals surface area contributed by atoms with Crippen LogP contribution in [0.4, 0.5) is 5.69 Å². The molecule has 0 aliphatic rings. The number of aromatic nitrogens is 2. The molecule has 0 spiro atoms. The van der Waals surface area contributed by atoms with Crippen LogP contribution in [-0.2, 0) is 5.75 Å². The van der Waals surface area contributed by atoms with Gasteiger partial charge in [-0.05, 0) is 12.1 Å². The summed E-state index contributed by atoms with van der Waals surface area (Å²) in [6.45, 7) is 0. The molecule has 72 valence electrons. The third-order valence-electron chi connectivity index (χ3n) is 1.57. The highest BCUT2D eigenvalue weighted by Crippen LogP contribution is 2.18. The molecule has 0 saturated heterocycles. The van der Waals surface area contributed by atoms with Gasteiger partial charge in [0.15, 0.2) is 5.16 Å². The monoisotopic (exact) mass is 207 g/mol. The lowest BCUT2D eigenvalue weighted by Crippen LogP contribution is -1.90. The maximum absolute atomic E-state index is 5.46. The van der Waals surface area contributed by atoms with Crippen molar-refractivity contribution in [2.75, 3.05) is 5.73 Å². The number of rotatable bonds is 3. The second-order valence-electron chi connectivity index (χ2n) is 2.67. The van der Waals surface area contributed by atoms with Gasteiger partial charge in [-0.15, -0.1) is 0 Å². The SMILES string of the molecule is Nc1cnc(SCc2ccco2)nc1. The minimum absolute atomic E-state index is 0.576. The normalized spacial score (nSPS) is 10.3. The van der Waals surface area contributed by atoms with Crippen molar-refractivity contribution < 1.29 is 4.42 Å². The van der Waals surface area contributed by atoms with E-state index in [9.17, 15) is 0 Å². The van der Waals surface area contributed by atoms with Crippen LogP contribution in [0, 0.1) is 0 Å². The number of thioether (sulfide) groups is 1. The number of nitrogens with zero attached hydrogens (tertiary/aromatic N) is 2. The van der Waals surface area contributed by atoms with Crippen LogP contribution in [0.25, 0.3) is 0 Å². The Labute approximate surface area is 85.6 Å². The molecule has 0 aliphatic heterocycles. The van der Waals surface area contributed by atoms with Crippen LogP contribution in [0.2, 0.25) is 0 Å². The summed E-state index contributed by atoms with van der Waals surface area (Å²) in [5.41, 5.74) is 6.04. The maximum Gasteiger partial charge on any atom is 0.188 e. The smallest absolute Gasteiger partial charge is 0.188 e. The topological polar surface area (TPSA) is 64.9 Å². The lowest BCUT2D eigenvalue weighted by Gasteiger charge is -1.97. The highest BCUT2D eigenvalue weighted by molar-refractivity contribution is 7.98. The van der Waals surface area contributed by atoms with Crippen molar-refractivity contribution in [1.29, 1.82) is 0 Å². The fourth-order valence-electron chi connectivity index (χ4n) is 0.931. The molecule has 0 atom stereocenters. The molecule has 2 heterocycles. The number of hydrogen-bond donors (Lipinski definition) is 1. The van der Waals surface area contributed by atoms with Crippen molar-refractivity contribution in [3.63, 3.8) is 0 Å². The molecule has 0 radical (unpaired) electrons. The molecule has 0 amide bonds. The van der Waals surface area contributed by atoms with Gasteiger partial charge in [0.1, 0.15) is 5.76 Å². The van der Waals surface area contributed by atoms with Crippen LogP contribution in [-0.4, -0.2) is 9.97 Å². The first-order valence-corrected chi connectivity index (χ1v) is 5.06. The first kappa shape index (κ1) is 9.08. The van der Waals surface area contributed by atoms with Crippen LogP contribution in [0.5, 0.6) is 0 Å². The molecule has 0 unspecified atom stereocenters. The minimum Gasteiger partial charge on any atom is -0.468 e. The predicted octanol–water partition coefficient (Wildman–Crippen LogP) is 1.94. The van der Waals surface area contributed by atoms with Crippen molar-refractivity contribution in [3.8, 4) is 0 Å². The Morgan fingerprint density at radius 1 is 1.36 bits per heavy atom. The van der Waals surface area contributed by atoms with E-state index in [2.05, 4.69) is 9.97 Å². The Kier molecular flexibility index (Phi) is 2.69. The lowest BCUT2D eigenvalue weighted by molar-refractivity contribution is 0.530. The summed E-state index contributed by atoms with van der Waals surface area (Å²) >= 11 is 1.52. The fourth-order valence-corrected chi connectivity index (χ4v) is 1.62. The summed E-state index contributed by atoms with van der Waals surface area (Å²) in [5.74, 6) is 1.65. The highest BCUT2D eigenvalue weighted by atomic mass is 32.2. The Bertz CT molecular complexity index is 385. The molecule has 14 heavy (non-hydrogen) atoms. The second-order valence-corrected chi connectivity index (χ2v) is 3.61. The zero-order valence-electron chi connectivity index (χ0n) is 7.38. The third-order valence-corrected chi connectivity index (χ3v) is 2.47. The van der Waals surface area contributed by atoms with Gasteiger partial charge in [-0.2, -0.15) is 0 Å². The number of nitrogen functional groups attached to an aromatic ring is 1. The highest BCUT2D eigenvalue weighted by Gasteiger charge is 2.00. The van der Waals surface area contributed by atoms with Gasteiger partial charge in [-0.25, -0.2) is 9.97 Å². The molecule has 0 aromatic carbocycles. The van der Waals surface area contributed by atoms with Crippen molar-refractivity contribution in [3.05, 3.63) is 36.5 Å². The number of hydrogen-bond acceptors (Lipinski definition) is 5. The summed E-state index contributed by atoms with van der Waals surface area (Å²) in [5, 5.41) is 0.704. The zero-order chi connectivity index (χ0) is 9.80. The molecular weight excluding hydrogens is 198 g/mol. The van der Waals surface area contributed by atoms with Crippen molar-refractivity contribution in [2.45, 2.75) is 10.9 Å². The van der Waals surface area contributed by atoms with Gasteiger partial charge in [-0.3, -0.25) is 0 Å². The van der Waals surface area contributed by atoms with Crippen molar-refractivity contribution >= 4 is 17.4 Å². The largest absolute Gasteiger partial charge is 0.468 e. The van der Waals surface area contributed by atoms with Gasteiger partial charge >= 0.3 is 0 Å². The van der Waals surface area contributed by atoms with E-state index in [0.717, 1.165) is 11.5 Å². The number of anilines is 1. The van der Waals surface area contributed by atoms with Crippen LogP contribution >= 0.6 is 11.8 Å². The van der Waals surface area contributed by atoms with E-state index >= 15 is 0 Å². The third kappa shape index (κ3) is 2.26. The van der Waals surface area contributed by atoms with Crippen LogP contribution < -0.4 is 5.73 Å². The predicted molar refractivity (Wildman–Crippen MR) is 54.7 cm³/mol. The van der Waals surface area contributed by atoms with E-state index in [1.807, 2.05) is 12.1 Å². The minimum atomic E-state index is 0.576. The van der Waals surface area contributed by atoms with Crippen molar-refractivity contribution in [1.82, 2.24) is 9.97 Å². The molecule has 5 heteroatoms. The standard InChI is InChI=1S/C9H9N3OS/c10-7-4-11-9(12-5-7)14-6-8-2-1-3-13-8/h1-5H,6,10H2. The molecule has 0 bridgehead atoms. The first-order chi connectivity index (χ1) is 6.84. The van der Waals surface area contributed by atoms with E-state index in [0.29, 0.717) is 10.8 Å². The van der Waals surface area contributed by atoms with Gasteiger partial charge in [0.2, 0.25) is 0 Å². The molecule has 0 aliphatic carbocycles. The van der Waals surface area contributed by atoms with Gasteiger partial charge in [-0.1, -0.05) is 11.8 Å². The van der Waals surface area contributed by atoms with Crippen LogP contribution in [0.3, 0.4) is 0 Å². The van der Waals surface area contributed by atoms with Gasteiger partial charge in [0.25, 0.3) is 0 Å². The maximum atomic E-state index is 5.46. The summed E-state index contributed by atoms with van der Waals surface area (Å²) in [7, 11) is 0. The van der Waals surface area contributed by atoms with Crippen LogP contribution in [0.15, 0.2) is 40.4 Å². The molecule has 2 aromatic rings. The summed E-state index contributed by atoms with van der Waals surface area (Å²) < 4.78 is 5.18. The van der Waals surface area contributed by atoms with E-state index in [1.54, 1.807) is 18.7 Å². The van der Waals surface area contributed by atoms with E-state index in [4.69, 9.17) is 10.2 Å². The number of furan rings is 1.